The summed E-state index contributed by atoms with van der Waals surface area (Å²) >= 11 is 5.77. The van der Waals surface area contributed by atoms with Gasteiger partial charge in [0.2, 0.25) is 11.8 Å². The van der Waals surface area contributed by atoms with Crippen LogP contribution in [0.1, 0.15) is 12.8 Å². The van der Waals surface area contributed by atoms with Crippen LogP contribution in [0.4, 0.5) is 11.4 Å². The Labute approximate surface area is 145 Å². The van der Waals surface area contributed by atoms with Gasteiger partial charge in [-0.3, -0.25) is 29.3 Å². The summed E-state index contributed by atoms with van der Waals surface area (Å²) < 4.78 is 0. The number of carbonyl (C=O) groups is 4. The van der Waals surface area contributed by atoms with Crippen LogP contribution in [0.2, 0.25) is 5.02 Å². The van der Waals surface area contributed by atoms with Crippen LogP contribution >= 0.6 is 11.6 Å². The minimum atomic E-state index is -0.855. The molecule has 128 valence electrons. The number of hydrogen-bond acceptors (Lipinski definition) is 6. The second kappa shape index (κ2) is 5.19. The van der Waals surface area contributed by atoms with Gasteiger partial charge in [0.15, 0.2) is 0 Å². The molecule has 8 nitrogen and oxygen atoms in total. The fourth-order valence-electron chi connectivity index (χ4n) is 4.21. The predicted molar refractivity (Wildman–Crippen MR) is 83.8 cm³/mol. The second-order valence-electron chi connectivity index (χ2n) is 6.51. The molecule has 1 saturated heterocycles. The first-order valence-electron chi connectivity index (χ1n) is 7.68. The van der Waals surface area contributed by atoms with E-state index < -0.39 is 46.1 Å². The van der Waals surface area contributed by atoms with Crippen LogP contribution in [0.15, 0.2) is 18.2 Å². The molecular weight excluding hydrogens is 352 g/mol. The molecule has 5 rings (SSSR count). The number of rotatable bonds is 2. The SMILES string of the molecule is O=C1C[C@H]2C(=O)C[C@H]1[C@@H]1C(=O)N(c3ccc(Cl)c([N+](=O)[O-])c3)C(=O)[C@H]12. The average molecular weight is 363 g/mol. The van der Waals surface area contributed by atoms with Crippen molar-refractivity contribution in [3.8, 4) is 0 Å². The van der Waals surface area contributed by atoms with Crippen LogP contribution in [-0.4, -0.2) is 28.3 Å². The van der Waals surface area contributed by atoms with E-state index in [2.05, 4.69) is 0 Å². The Bertz CT molecular complexity index is 841. The number of carbonyl (C=O) groups excluding carboxylic acids is 4. The van der Waals surface area contributed by atoms with Crippen molar-refractivity contribution in [3.63, 3.8) is 0 Å². The standard InChI is InChI=1S/C16H11ClN2O6/c17-9-2-1-6(3-10(9)19(24)25)18-15(22)13-7-4-11(20)8(5-12(7)21)14(13)16(18)23/h1-3,7-8,13-14H,4-5H2/t7-,8+,13-,14-/m0/s1. The lowest BCUT2D eigenvalue weighted by molar-refractivity contribution is -0.384. The fraction of sp³-hybridized carbons (Fsp3) is 0.375. The summed E-state index contributed by atoms with van der Waals surface area (Å²) in [5.41, 5.74) is -0.399. The Morgan fingerprint density at radius 3 is 2.00 bits per heavy atom. The first-order valence-corrected chi connectivity index (χ1v) is 8.06. The number of nitro groups is 1. The van der Waals surface area contributed by atoms with E-state index in [0.29, 0.717) is 0 Å². The molecule has 0 radical (unpaired) electrons. The van der Waals surface area contributed by atoms with Crippen LogP contribution in [-0.2, 0) is 19.2 Å². The Kier molecular flexibility index (Phi) is 3.30. The van der Waals surface area contributed by atoms with Gasteiger partial charge >= 0.3 is 0 Å². The van der Waals surface area contributed by atoms with Gasteiger partial charge in [-0.2, -0.15) is 0 Å². The summed E-state index contributed by atoms with van der Waals surface area (Å²) in [6, 6.07) is 3.64. The van der Waals surface area contributed by atoms with E-state index in [9.17, 15) is 29.3 Å². The Hall–Kier alpha value is -2.61. The zero-order chi connectivity index (χ0) is 18.0. The lowest BCUT2D eigenvalue weighted by atomic mass is 9.58. The number of amides is 2. The molecule has 2 bridgehead atoms. The highest BCUT2D eigenvalue weighted by Gasteiger charge is 2.63. The molecule has 3 saturated carbocycles. The summed E-state index contributed by atoms with van der Waals surface area (Å²) in [5.74, 6) is -4.76. The van der Waals surface area contributed by atoms with Crippen molar-refractivity contribution in [3.05, 3.63) is 33.3 Å². The monoisotopic (exact) mass is 362 g/mol. The lowest BCUT2D eigenvalue weighted by Crippen LogP contribution is -2.51. The van der Waals surface area contributed by atoms with Crippen LogP contribution in [0.25, 0.3) is 0 Å². The lowest BCUT2D eigenvalue weighted by Gasteiger charge is -2.40. The van der Waals surface area contributed by atoms with Crippen LogP contribution < -0.4 is 4.90 Å². The summed E-state index contributed by atoms with van der Waals surface area (Å²) in [4.78, 5) is 61.0. The molecule has 1 aromatic carbocycles. The summed E-state index contributed by atoms with van der Waals surface area (Å²) in [6.07, 6.45) is -0.0312. The molecule has 0 aromatic heterocycles. The first-order chi connectivity index (χ1) is 11.8. The molecule has 25 heavy (non-hydrogen) atoms. The Morgan fingerprint density at radius 2 is 1.52 bits per heavy atom. The number of Topliss-reactive ketones (excluding diaryl/α,β-unsaturated/α-hetero) is 2. The Morgan fingerprint density at radius 1 is 1.00 bits per heavy atom. The highest BCUT2D eigenvalue weighted by molar-refractivity contribution is 6.33. The van der Waals surface area contributed by atoms with E-state index in [1.54, 1.807) is 0 Å². The van der Waals surface area contributed by atoms with Crippen molar-refractivity contribution in [2.24, 2.45) is 23.7 Å². The number of hydrogen-bond donors (Lipinski definition) is 0. The third-order valence-electron chi connectivity index (χ3n) is 5.32. The van der Waals surface area contributed by atoms with Crippen molar-refractivity contribution in [2.45, 2.75) is 12.8 Å². The largest absolute Gasteiger partial charge is 0.299 e. The number of anilines is 1. The number of ketones is 2. The first kappa shape index (κ1) is 15.9. The highest BCUT2D eigenvalue weighted by Crippen LogP contribution is 2.51. The van der Waals surface area contributed by atoms with E-state index in [0.717, 1.165) is 11.0 Å². The smallest absolute Gasteiger partial charge is 0.289 e. The molecule has 4 fully saturated rings. The van der Waals surface area contributed by atoms with E-state index in [1.807, 2.05) is 0 Å². The molecule has 1 aromatic rings. The number of imide groups is 1. The normalized spacial score (nSPS) is 30.8. The third kappa shape index (κ3) is 2.07. The van der Waals surface area contributed by atoms with Gasteiger partial charge in [-0.1, -0.05) is 11.6 Å². The molecule has 0 N–H and O–H groups in total. The Balaban J connectivity index is 1.79. The summed E-state index contributed by atoms with van der Waals surface area (Å²) in [6.45, 7) is 0. The molecule has 1 aliphatic heterocycles. The molecule has 0 unspecified atom stereocenters. The van der Waals surface area contributed by atoms with Gasteiger partial charge in [0, 0.05) is 30.7 Å². The zero-order valence-corrected chi connectivity index (χ0v) is 13.4. The van der Waals surface area contributed by atoms with Gasteiger partial charge in [0.05, 0.1) is 22.4 Å². The minimum Gasteiger partial charge on any atom is -0.299 e. The molecule has 4 aliphatic rings. The topological polar surface area (TPSA) is 115 Å². The van der Waals surface area contributed by atoms with Crippen LogP contribution in [0.3, 0.4) is 0 Å². The number of nitro benzene ring substituents is 1. The predicted octanol–water partition coefficient (Wildman–Crippen LogP) is 1.53. The van der Waals surface area contributed by atoms with Crippen LogP contribution in [0, 0.1) is 33.8 Å². The van der Waals surface area contributed by atoms with Crippen molar-refractivity contribution >= 4 is 46.4 Å². The van der Waals surface area contributed by atoms with Gasteiger partial charge in [-0.05, 0) is 12.1 Å². The van der Waals surface area contributed by atoms with E-state index in [-0.39, 0.29) is 35.1 Å². The van der Waals surface area contributed by atoms with Crippen molar-refractivity contribution in [2.75, 3.05) is 4.90 Å². The van der Waals surface area contributed by atoms with E-state index >= 15 is 0 Å². The maximum atomic E-state index is 12.8. The average Bonchev–Trinajstić information content (AvgIpc) is 2.82. The molecule has 1 heterocycles. The second-order valence-corrected chi connectivity index (χ2v) is 6.92. The number of nitrogens with zero attached hydrogens (tertiary/aromatic N) is 2. The van der Waals surface area contributed by atoms with Gasteiger partial charge in [0.25, 0.3) is 5.69 Å². The van der Waals surface area contributed by atoms with E-state index in [1.165, 1.54) is 12.1 Å². The summed E-state index contributed by atoms with van der Waals surface area (Å²) in [5, 5.41) is 10.9. The number of halogens is 1. The van der Waals surface area contributed by atoms with Gasteiger partial charge in [-0.25, -0.2) is 4.90 Å². The van der Waals surface area contributed by atoms with Crippen molar-refractivity contribution in [1.82, 2.24) is 0 Å². The molecule has 4 atom stereocenters. The van der Waals surface area contributed by atoms with Gasteiger partial charge in [0.1, 0.15) is 16.6 Å². The zero-order valence-electron chi connectivity index (χ0n) is 12.7. The number of benzene rings is 1. The maximum Gasteiger partial charge on any atom is 0.289 e. The van der Waals surface area contributed by atoms with Crippen molar-refractivity contribution in [1.29, 1.82) is 0 Å². The van der Waals surface area contributed by atoms with Crippen molar-refractivity contribution < 1.29 is 24.1 Å². The maximum absolute atomic E-state index is 12.8. The van der Waals surface area contributed by atoms with Crippen LogP contribution in [0.5, 0.6) is 0 Å². The van der Waals surface area contributed by atoms with E-state index in [4.69, 9.17) is 11.6 Å². The summed E-state index contributed by atoms with van der Waals surface area (Å²) in [7, 11) is 0. The quantitative estimate of drug-likeness (QED) is 0.447. The fourth-order valence-corrected chi connectivity index (χ4v) is 4.40. The third-order valence-corrected chi connectivity index (χ3v) is 5.64. The van der Waals surface area contributed by atoms with Gasteiger partial charge in [-0.15, -0.1) is 0 Å². The molecule has 0 spiro atoms. The van der Waals surface area contributed by atoms with Gasteiger partial charge < -0.3 is 0 Å². The molecule has 9 heteroatoms. The molecule has 2 amide bonds. The minimum absolute atomic E-state index is 0.0156. The highest BCUT2D eigenvalue weighted by atomic mass is 35.5. The molecule has 3 aliphatic carbocycles. The molecular formula is C16H11ClN2O6. The number of fused-ring (bicyclic) bond motifs is 2.